The lowest BCUT2D eigenvalue weighted by Crippen LogP contribution is -2.42. The molecule has 1 aromatic heterocycles. The second-order valence-corrected chi connectivity index (χ2v) is 4.43. The van der Waals surface area contributed by atoms with Crippen molar-refractivity contribution in [1.29, 1.82) is 0 Å². The number of aromatic nitrogens is 1. The number of hydrogen-bond acceptors (Lipinski definition) is 3. The van der Waals surface area contributed by atoms with Crippen LogP contribution >= 0.6 is 0 Å². The zero-order valence-corrected chi connectivity index (χ0v) is 9.99. The van der Waals surface area contributed by atoms with Crippen molar-refractivity contribution in [2.24, 2.45) is 7.05 Å². The van der Waals surface area contributed by atoms with Gasteiger partial charge >= 0.3 is 0 Å². The minimum absolute atomic E-state index is 0.133. The molecule has 0 bridgehead atoms. The van der Waals surface area contributed by atoms with Gasteiger partial charge in [-0.2, -0.15) is 0 Å². The molecule has 1 N–H and O–H groups in total. The summed E-state index contributed by atoms with van der Waals surface area (Å²) >= 11 is 0. The minimum atomic E-state index is 0.133. The van der Waals surface area contributed by atoms with E-state index in [4.69, 9.17) is 0 Å². The van der Waals surface area contributed by atoms with Crippen molar-refractivity contribution in [3.8, 4) is 0 Å². The Balaban J connectivity index is 2.03. The summed E-state index contributed by atoms with van der Waals surface area (Å²) < 4.78 is 1.92. The van der Waals surface area contributed by atoms with E-state index in [1.165, 1.54) is 5.56 Å². The fourth-order valence-corrected chi connectivity index (χ4v) is 2.20. The molecule has 4 heteroatoms. The summed E-state index contributed by atoms with van der Waals surface area (Å²) in [5, 5.41) is 3.33. The molecule has 2 rings (SSSR count). The summed E-state index contributed by atoms with van der Waals surface area (Å²) in [7, 11) is 1.93. The molecular formula is C12H19N3O. The molecule has 16 heavy (non-hydrogen) atoms. The number of aryl methyl sites for hydroxylation is 1. The van der Waals surface area contributed by atoms with Gasteiger partial charge in [-0.05, 0) is 11.6 Å². The van der Waals surface area contributed by atoms with E-state index in [0.717, 1.165) is 38.4 Å². The maximum Gasteiger partial charge on any atom is 0.176 e. The van der Waals surface area contributed by atoms with E-state index in [2.05, 4.69) is 16.4 Å². The van der Waals surface area contributed by atoms with Crippen LogP contribution in [0.5, 0.6) is 0 Å². The van der Waals surface area contributed by atoms with Crippen molar-refractivity contribution in [1.82, 2.24) is 14.8 Å². The Kier molecular flexibility index (Phi) is 3.41. The molecule has 88 valence electrons. The molecule has 1 aliphatic rings. The first-order chi connectivity index (χ1) is 7.66. The predicted octanol–water partition coefficient (Wildman–Crippen LogP) is 0.633. The van der Waals surface area contributed by atoms with Crippen LogP contribution in [0.3, 0.4) is 0 Å². The van der Waals surface area contributed by atoms with Gasteiger partial charge in [0.15, 0.2) is 5.78 Å². The topological polar surface area (TPSA) is 37.3 Å². The Morgan fingerprint density at radius 2 is 2.12 bits per heavy atom. The molecule has 1 saturated heterocycles. The summed E-state index contributed by atoms with van der Waals surface area (Å²) in [6.45, 7) is 6.86. The van der Waals surface area contributed by atoms with Crippen molar-refractivity contribution in [2.75, 3.05) is 26.2 Å². The lowest BCUT2D eigenvalue weighted by Gasteiger charge is -2.26. The Morgan fingerprint density at radius 1 is 1.44 bits per heavy atom. The monoisotopic (exact) mass is 221 g/mol. The minimum Gasteiger partial charge on any atom is -0.348 e. The van der Waals surface area contributed by atoms with Gasteiger partial charge < -0.3 is 9.88 Å². The molecule has 0 amide bonds. The lowest BCUT2D eigenvalue weighted by atomic mass is 10.2. The van der Waals surface area contributed by atoms with Gasteiger partial charge in [-0.1, -0.05) is 0 Å². The first kappa shape index (κ1) is 11.4. The first-order valence-corrected chi connectivity index (χ1v) is 5.76. The molecular weight excluding hydrogens is 202 g/mol. The largest absolute Gasteiger partial charge is 0.348 e. The fraction of sp³-hybridized carbons (Fsp3) is 0.583. The highest BCUT2D eigenvalue weighted by atomic mass is 16.1. The third-order valence-corrected chi connectivity index (χ3v) is 3.04. The van der Waals surface area contributed by atoms with E-state index in [0.29, 0.717) is 0 Å². The molecule has 0 atom stereocenters. The van der Waals surface area contributed by atoms with E-state index in [9.17, 15) is 4.79 Å². The van der Waals surface area contributed by atoms with Crippen LogP contribution in [0.15, 0.2) is 12.3 Å². The van der Waals surface area contributed by atoms with Crippen molar-refractivity contribution in [2.45, 2.75) is 13.5 Å². The summed E-state index contributed by atoms with van der Waals surface area (Å²) in [5.74, 6) is 0.133. The van der Waals surface area contributed by atoms with Gasteiger partial charge in [0.25, 0.3) is 0 Å². The molecule has 0 spiro atoms. The molecule has 1 fully saturated rings. The van der Waals surface area contributed by atoms with Gasteiger partial charge in [-0.25, -0.2) is 0 Å². The second-order valence-electron chi connectivity index (χ2n) is 4.43. The molecule has 1 aromatic rings. The standard InChI is InChI=1S/C12H19N3O/c1-10(16)12-7-11(8-14(12)2)9-15-5-3-13-4-6-15/h7-8,13H,3-6,9H2,1-2H3. The summed E-state index contributed by atoms with van der Waals surface area (Å²) in [6, 6.07) is 2.00. The highest BCUT2D eigenvalue weighted by molar-refractivity contribution is 5.92. The SMILES string of the molecule is CC(=O)c1cc(CN2CCNCC2)cn1C. The number of hydrogen-bond donors (Lipinski definition) is 1. The summed E-state index contributed by atoms with van der Waals surface area (Å²) in [5.41, 5.74) is 2.03. The van der Waals surface area contributed by atoms with Gasteiger partial charge in [0.2, 0.25) is 0 Å². The Hall–Kier alpha value is -1.13. The van der Waals surface area contributed by atoms with Crippen LogP contribution in [-0.2, 0) is 13.6 Å². The molecule has 0 aromatic carbocycles. The quantitative estimate of drug-likeness (QED) is 0.761. The lowest BCUT2D eigenvalue weighted by molar-refractivity contribution is 0.101. The van der Waals surface area contributed by atoms with E-state index in [1.54, 1.807) is 6.92 Å². The van der Waals surface area contributed by atoms with Crippen LogP contribution in [0.1, 0.15) is 23.0 Å². The van der Waals surface area contributed by atoms with E-state index < -0.39 is 0 Å². The highest BCUT2D eigenvalue weighted by Crippen LogP contribution is 2.11. The summed E-state index contributed by atoms with van der Waals surface area (Å²) in [4.78, 5) is 13.7. The number of carbonyl (C=O) groups is 1. The average molecular weight is 221 g/mol. The van der Waals surface area contributed by atoms with Gasteiger partial charge in [0, 0.05) is 52.9 Å². The third-order valence-electron chi connectivity index (χ3n) is 3.04. The number of Topliss-reactive ketones (excluding diaryl/α,β-unsaturated/α-hetero) is 1. The van der Waals surface area contributed by atoms with Crippen LogP contribution in [0, 0.1) is 0 Å². The normalized spacial score (nSPS) is 17.6. The number of nitrogens with zero attached hydrogens (tertiary/aromatic N) is 2. The van der Waals surface area contributed by atoms with Gasteiger partial charge in [-0.15, -0.1) is 0 Å². The first-order valence-electron chi connectivity index (χ1n) is 5.76. The summed E-state index contributed by atoms with van der Waals surface area (Å²) in [6.07, 6.45) is 2.05. The van der Waals surface area contributed by atoms with Crippen molar-refractivity contribution >= 4 is 5.78 Å². The fourth-order valence-electron chi connectivity index (χ4n) is 2.20. The number of nitrogens with one attached hydrogen (secondary N) is 1. The Bertz CT molecular complexity index is 378. The number of piperazine rings is 1. The number of carbonyl (C=O) groups excluding carboxylic acids is 1. The van der Waals surface area contributed by atoms with Gasteiger partial charge in [0.05, 0.1) is 5.69 Å². The van der Waals surface area contributed by atoms with Crippen molar-refractivity contribution < 1.29 is 4.79 Å². The average Bonchev–Trinajstić information content (AvgIpc) is 2.61. The smallest absolute Gasteiger partial charge is 0.176 e. The molecule has 1 aliphatic heterocycles. The molecule has 0 radical (unpaired) electrons. The van der Waals surface area contributed by atoms with Crippen LogP contribution in [0.25, 0.3) is 0 Å². The van der Waals surface area contributed by atoms with Crippen LogP contribution < -0.4 is 5.32 Å². The zero-order chi connectivity index (χ0) is 11.5. The van der Waals surface area contributed by atoms with Gasteiger partial charge in [0.1, 0.15) is 0 Å². The molecule has 2 heterocycles. The van der Waals surface area contributed by atoms with Crippen LogP contribution in [0.2, 0.25) is 0 Å². The number of ketones is 1. The molecule has 0 saturated carbocycles. The zero-order valence-electron chi connectivity index (χ0n) is 9.99. The second kappa shape index (κ2) is 4.80. The third kappa shape index (κ3) is 2.51. The Morgan fingerprint density at radius 3 is 2.69 bits per heavy atom. The highest BCUT2D eigenvalue weighted by Gasteiger charge is 2.12. The molecule has 4 nitrogen and oxygen atoms in total. The predicted molar refractivity (Wildman–Crippen MR) is 63.6 cm³/mol. The van der Waals surface area contributed by atoms with E-state index >= 15 is 0 Å². The Labute approximate surface area is 96.2 Å². The van der Waals surface area contributed by atoms with E-state index in [-0.39, 0.29) is 5.78 Å². The van der Waals surface area contributed by atoms with Gasteiger partial charge in [-0.3, -0.25) is 9.69 Å². The maximum absolute atomic E-state index is 11.3. The van der Waals surface area contributed by atoms with Crippen molar-refractivity contribution in [3.63, 3.8) is 0 Å². The van der Waals surface area contributed by atoms with E-state index in [1.807, 2.05) is 17.7 Å². The van der Waals surface area contributed by atoms with Crippen molar-refractivity contribution in [3.05, 3.63) is 23.5 Å². The molecule has 0 aliphatic carbocycles. The maximum atomic E-state index is 11.3. The van der Waals surface area contributed by atoms with Crippen LogP contribution in [0.4, 0.5) is 0 Å². The number of rotatable bonds is 3. The molecule has 0 unspecified atom stereocenters. The van der Waals surface area contributed by atoms with Crippen LogP contribution in [-0.4, -0.2) is 41.4 Å².